The molecule has 0 unspecified atom stereocenters. The predicted octanol–water partition coefficient (Wildman–Crippen LogP) is 3.64. The molecule has 1 aromatic heterocycles. The maximum absolute atomic E-state index is 11.2. The van der Waals surface area contributed by atoms with Gasteiger partial charge in [0.1, 0.15) is 0 Å². The summed E-state index contributed by atoms with van der Waals surface area (Å²) in [7, 11) is 1.22. The lowest BCUT2D eigenvalue weighted by molar-refractivity contribution is 0.0697. The van der Waals surface area contributed by atoms with E-state index in [-0.39, 0.29) is 5.56 Å². The number of hydrogen-bond donors (Lipinski definition) is 2. The number of hydrogen-bond acceptors (Lipinski definition) is 6. The van der Waals surface area contributed by atoms with Gasteiger partial charge in [0, 0.05) is 10.3 Å². The van der Waals surface area contributed by atoms with Crippen molar-refractivity contribution in [2.24, 2.45) is 0 Å². The first-order valence-corrected chi connectivity index (χ1v) is 6.84. The van der Waals surface area contributed by atoms with E-state index in [0.717, 1.165) is 4.88 Å². The lowest BCUT2D eigenvalue weighted by Gasteiger charge is -2.11. The second kappa shape index (κ2) is 6.27. The van der Waals surface area contributed by atoms with Gasteiger partial charge in [0.25, 0.3) is 0 Å². The third-order valence-electron chi connectivity index (χ3n) is 2.72. The fourth-order valence-corrected chi connectivity index (χ4v) is 2.42. The number of carboxylic acid groups (broad SMARTS) is 1. The fraction of sp³-hybridized carbons (Fsp3) is 0.143. The quantitative estimate of drug-likeness (QED) is 0.839. The number of aromatic carboxylic acids is 1. The van der Waals surface area contributed by atoms with Crippen molar-refractivity contribution in [2.75, 3.05) is 12.4 Å². The molecule has 0 saturated heterocycles. The Labute approximate surface area is 124 Å². The van der Waals surface area contributed by atoms with Crippen LogP contribution in [0.25, 0.3) is 0 Å². The molecule has 0 aliphatic rings. The monoisotopic (exact) mass is 307 g/mol. The number of carboxylic acids is 1. The Morgan fingerprint density at radius 2 is 2.00 bits per heavy atom. The Morgan fingerprint density at radius 3 is 2.67 bits per heavy atom. The number of thiophene rings is 1. The smallest absolute Gasteiger partial charge is 0.478 e. The summed E-state index contributed by atoms with van der Waals surface area (Å²) in [5.41, 5.74) is 1.09. The number of aryl methyl sites for hydroxylation is 1. The van der Waals surface area contributed by atoms with Crippen molar-refractivity contribution >= 4 is 34.8 Å². The van der Waals surface area contributed by atoms with Crippen LogP contribution in [0.1, 0.15) is 15.2 Å². The van der Waals surface area contributed by atoms with Crippen LogP contribution in [0.3, 0.4) is 0 Å². The van der Waals surface area contributed by atoms with Crippen LogP contribution in [-0.2, 0) is 4.74 Å². The average Bonchev–Trinajstić information content (AvgIpc) is 2.80. The first-order valence-electron chi connectivity index (χ1n) is 5.96. The van der Waals surface area contributed by atoms with Crippen molar-refractivity contribution in [1.29, 1.82) is 0 Å². The summed E-state index contributed by atoms with van der Waals surface area (Å²) in [5.74, 6) is -0.744. The molecule has 0 radical (unpaired) electrons. The molecule has 0 aliphatic heterocycles. The molecule has 0 amide bonds. The summed E-state index contributed by atoms with van der Waals surface area (Å²) >= 11 is 1.37. The van der Waals surface area contributed by atoms with Gasteiger partial charge < -0.3 is 19.9 Å². The first-order chi connectivity index (χ1) is 10.0. The molecule has 21 heavy (non-hydrogen) atoms. The number of rotatable bonds is 4. The Kier molecular flexibility index (Phi) is 4.44. The molecule has 110 valence electrons. The molecule has 0 aliphatic carbocycles. The standard InChI is InChI=1S/C14H13NO5S/c1-8-12(11(7-21-8)20-14(18)19-2)15-10-6-4-3-5-9(10)13(16)17/h3-7,15H,1-2H3,(H,16,17). The summed E-state index contributed by atoms with van der Waals surface area (Å²) in [6.45, 7) is 1.83. The van der Waals surface area contributed by atoms with Crippen LogP contribution < -0.4 is 10.1 Å². The van der Waals surface area contributed by atoms with Crippen LogP contribution >= 0.6 is 11.3 Å². The first kappa shape index (κ1) is 14.9. The predicted molar refractivity (Wildman–Crippen MR) is 78.8 cm³/mol. The topological polar surface area (TPSA) is 84.9 Å². The number of carbonyl (C=O) groups excluding carboxylic acids is 1. The highest BCUT2D eigenvalue weighted by molar-refractivity contribution is 7.10. The molecule has 0 bridgehead atoms. The zero-order chi connectivity index (χ0) is 15.4. The third kappa shape index (κ3) is 3.32. The van der Waals surface area contributed by atoms with E-state index in [9.17, 15) is 14.7 Å². The van der Waals surface area contributed by atoms with Crippen molar-refractivity contribution < 1.29 is 24.2 Å². The Bertz CT molecular complexity index is 680. The molecule has 2 N–H and O–H groups in total. The minimum Gasteiger partial charge on any atom is -0.478 e. The molecule has 2 aromatic rings. The summed E-state index contributed by atoms with van der Waals surface area (Å²) in [4.78, 5) is 23.3. The van der Waals surface area contributed by atoms with Gasteiger partial charge in [0.05, 0.1) is 24.0 Å². The Morgan fingerprint density at radius 1 is 1.29 bits per heavy atom. The lowest BCUT2D eigenvalue weighted by Crippen LogP contribution is -2.08. The molecule has 0 saturated carbocycles. The highest BCUT2D eigenvalue weighted by Gasteiger charge is 2.17. The van der Waals surface area contributed by atoms with E-state index in [1.807, 2.05) is 6.92 Å². The highest BCUT2D eigenvalue weighted by atomic mass is 32.1. The number of carbonyl (C=O) groups is 2. The number of para-hydroxylation sites is 1. The summed E-state index contributed by atoms with van der Waals surface area (Å²) in [5, 5.41) is 13.8. The summed E-state index contributed by atoms with van der Waals surface area (Å²) in [6, 6.07) is 6.49. The molecular formula is C14H13NO5S. The second-order valence-corrected chi connectivity index (χ2v) is 5.15. The number of nitrogens with one attached hydrogen (secondary N) is 1. The highest BCUT2D eigenvalue weighted by Crippen LogP contribution is 2.37. The van der Waals surface area contributed by atoms with Crippen LogP contribution in [-0.4, -0.2) is 24.3 Å². The Balaban J connectivity index is 2.34. The van der Waals surface area contributed by atoms with Crippen molar-refractivity contribution in [3.63, 3.8) is 0 Å². The van der Waals surface area contributed by atoms with Gasteiger partial charge in [0.15, 0.2) is 5.75 Å². The van der Waals surface area contributed by atoms with Crippen molar-refractivity contribution in [3.8, 4) is 5.75 Å². The van der Waals surface area contributed by atoms with Gasteiger partial charge >= 0.3 is 12.1 Å². The van der Waals surface area contributed by atoms with Crippen LogP contribution in [0.5, 0.6) is 5.75 Å². The number of benzene rings is 1. The molecule has 0 spiro atoms. The van der Waals surface area contributed by atoms with Gasteiger partial charge in [-0.2, -0.15) is 0 Å². The van der Waals surface area contributed by atoms with E-state index in [4.69, 9.17) is 4.74 Å². The number of anilines is 2. The molecule has 6 nitrogen and oxygen atoms in total. The fourth-order valence-electron chi connectivity index (χ4n) is 1.70. The average molecular weight is 307 g/mol. The number of ether oxygens (including phenoxy) is 2. The second-order valence-electron chi connectivity index (χ2n) is 4.06. The van der Waals surface area contributed by atoms with E-state index in [1.54, 1.807) is 23.6 Å². The molecule has 7 heteroatoms. The van der Waals surface area contributed by atoms with Crippen LogP contribution in [0, 0.1) is 6.92 Å². The SMILES string of the molecule is COC(=O)Oc1csc(C)c1Nc1ccccc1C(=O)O. The van der Waals surface area contributed by atoms with Gasteiger partial charge in [-0.3, -0.25) is 0 Å². The van der Waals surface area contributed by atoms with E-state index >= 15 is 0 Å². The van der Waals surface area contributed by atoms with Gasteiger partial charge in [0.2, 0.25) is 0 Å². The van der Waals surface area contributed by atoms with Gasteiger partial charge in [-0.25, -0.2) is 9.59 Å². The lowest BCUT2D eigenvalue weighted by atomic mass is 10.1. The van der Waals surface area contributed by atoms with E-state index in [1.165, 1.54) is 24.5 Å². The molecule has 0 fully saturated rings. The van der Waals surface area contributed by atoms with Crippen molar-refractivity contribution in [3.05, 3.63) is 40.1 Å². The van der Waals surface area contributed by atoms with Crippen LogP contribution in [0.2, 0.25) is 0 Å². The normalized spacial score (nSPS) is 10.0. The zero-order valence-corrected chi connectivity index (χ0v) is 12.2. The van der Waals surface area contributed by atoms with E-state index in [0.29, 0.717) is 17.1 Å². The molecule has 1 aromatic carbocycles. The molecule has 0 atom stereocenters. The maximum Gasteiger partial charge on any atom is 0.513 e. The largest absolute Gasteiger partial charge is 0.513 e. The number of methoxy groups -OCH3 is 1. The van der Waals surface area contributed by atoms with Gasteiger partial charge in [-0.05, 0) is 19.1 Å². The zero-order valence-electron chi connectivity index (χ0n) is 11.4. The van der Waals surface area contributed by atoms with Gasteiger partial charge in [-0.1, -0.05) is 12.1 Å². The van der Waals surface area contributed by atoms with Crippen LogP contribution in [0.15, 0.2) is 29.6 Å². The maximum atomic E-state index is 11.2. The minimum absolute atomic E-state index is 0.132. The molecular weight excluding hydrogens is 294 g/mol. The van der Waals surface area contributed by atoms with E-state index < -0.39 is 12.1 Å². The van der Waals surface area contributed by atoms with Crippen molar-refractivity contribution in [1.82, 2.24) is 0 Å². The van der Waals surface area contributed by atoms with E-state index in [2.05, 4.69) is 10.1 Å². The van der Waals surface area contributed by atoms with Crippen molar-refractivity contribution in [2.45, 2.75) is 6.92 Å². The van der Waals surface area contributed by atoms with Gasteiger partial charge in [-0.15, -0.1) is 11.3 Å². The molecule has 1 heterocycles. The van der Waals surface area contributed by atoms with Crippen LogP contribution in [0.4, 0.5) is 16.2 Å². The third-order valence-corrected chi connectivity index (χ3v) is 3.61. The molecule has 2 rings (SSSR count). The summed E-state index contributed by atoms with van der Waals surface area (Å²) in [6.07, 6.45) is -0.831. The Hall–Kier alpha value is -2.54. The summed E-state index contributed by atoms with van der Waals surface area (Å²) < 4.78 is 9.48. The minimum atomic E-state index is -1.04.